The Morgan fingerprint density at radius 2 is 1.90 bits per heavy atom. The van der Waals surface area contributed by atoms with Crippen molar-refractivity contribution in [2.45, 2.75) is 31.6 Å². The van der Waals surface area contributed by atoms with E-state index in [1.165, 1.54) is 10.5 Å². The van der Waals surface area contributed by atoms with Gasteiger partial charge in [0.2, 0.25) is 0 Å². The first-order chi connectivity index (χ1) is 9.42. The normalized spacial score (nSPS) is 19.1. The number of urea groups is 1. The van der Waals surface area contributed by atoms with Crippen molar-refractivity contribution in [3.63, 3.8) is 0 Å². The lowest BCUT2D eigenvalue weighted by Crippen LogP contribution is -2.40. The molecule has 1 atom stereocenters. The third-order valence-corrected chi connectivity index (χ3v) is 4.59. The second-order valence-corrected chi connectivity index (χ2v) is 6.88. The molecule has 0 radical (unpaired) electrons. The Balaban J connectivity index is 1.85. The van der Waals surface area contributed by atoms with Gasteiger partial charge in [0, 0.05) is 17.5 Å². The number of hydrogen-bond acceptors (Lipinski definition) is 3. The third kappa shape index (κ3) is 3.15. The van der Waals surface area contributed by atoms with E-state index in [1.807, 2.05) is 18.2 Å². The maximum atomic E-state index is 12.0. The van der Waals surface area contributed by atoms with Crippen LogP contribution in [0.2, 0.25) is 0 Å². The molecule has 1 aromatic rings. The third-order valence-electron chi connectivity index (χ3n) is 3.40. The van der Waals surface area contributed by atoms with Crippen molar-refractivity contribution in [3.05, 3.63) is 35.9 Å². The summed E-state index contributed by atoms with van der Waals surface area (Å²) in [6.07, 6.45) is 0. The highest BCUT2D eigenvalue weighted by Crippen LogP contribution is 2.28. The van der Waals surface area contributed by atoms with E-state index in [9.17, 15) is 9.59 Å². The zero-order valence-electron chi connectivity index (χ0n) is 12.1. The van der Waals surface area contributed by atoms with Crippen molar-refractivity contribution in [1.82, 2.24) is 10.2 Å². The van der Waals surface area contributed by atoms with Gasteiger partial charge in [0.25, 0.3) is 5.91 Å². The number of carbonyl (C=O) groups is 2. The molecule has 0 aromatic heterocycles. The topological polar surface area (TPSA) is 49.4 Å². The Hall–Kier alpha value is -1.49. The Morgan fingerprint density at radius 3 is 2.45 bits per heavy atom. The summed E-state index contributed by atoms with van der Waals surface area (Å²) in [7, 11) is 0. The van der Waals surface area contributed by atoms with E-state index in [4.69, 9.17) is 0 Å². The summed E-state index contributed by atoms with van der Waals surface area (Å²) in [6.45, 7) is 6.05. The molecule has 0 aliphatic carbocycles. The predicted molar refractivity (Wildman–Crippen MR) is 81.6 cm³/mol. The molecule has 5 heteroatoms. The van der Waals surface area contributed by atoms with E-state index >= 15 is 0 Å². The van der Waals surface area contributed by atoms with Gasteiger partial charge in [0.15, 0.2) is 0 Å². The van der Waals surface area contributed by atoms with Gasteiger partial charge in [-0.25, -0.2) is 4.79 Å². The van der Waals surface area contributed by atoms with Crippen LogP contribution in [0, 0.1) is 0 Å². The molecular formula is C15H20N2O2S. The number of benzene rings is 1. The van der Waals surface area contributed by atoms with Crippen LogP contribution in [0.25, 0.3) is 0 Å². The summed E-state index contributed by atoms with van der Waals surface area (Å²) >= 11 is 1.75. The van der Waals surface area contributed by atoms with E-state index in [2.05, 4.69) is 24.4 Å². The standard InChI is InChI=1S/C15H20N2O2S/c1-11(12-7-5-4-6-8-12)20-10-9-17-13(18)15(2,3)16-14(17)19/h4-8,11H,9-10H2,1-3H3,(H,16,19). The molecule has 1 fully saturated rings. The van der Waals surface area contributed by atoms with Gasteiger partial charge >= 0.3 is 6.03 Å². The van der Waals surface area contributed by atoms with E-state index in [0.717, 1.165) is 5.75 Å². The molecule has 0 spiro atoms. The lowest BCUT2D eigenvalue weighted by atomic mass is 10.1. The maximum absolute atomic E-state index is 12.0. The van der Waals surface area contributed by atoms with E-state index in [-0.39, 0.29) is 11.9 Å². The summed E-state index contributed by atoms with van der Waals surface area (Å²) in [6, 6.07) is 9.94. The number of hydrogen-bond donors (Lipinski definition) is 1. The van der Waals surface area contributed by atoms with Crippen molar-refractivity contribution in [1.29, 1.82) is 0 Å². The molecule has 108 valence electrons. The molecule has 1 aromatic carbocycles. The molecule has 1 aliphatic heterocycles. The number of rotatable bonds is 5. The minimum absolute atomic E-state index is 0.143. The lowest BCUT2D eigenvalue weighted by Gasteiger charge is -2.17. The van der Waals surface area contributed by atoms with Crippen LogP contribution in [0.4, 0.5) is 4.79 Å². The first kappa shape index (κ1) is 14.9. The van der Waals surface area contributed by atoms with Gasteiger partial charge in [-0.2, -0.15) is 11.8 Å². The van der Waals surface area contributed by atoms with Gasteiger partial charge in [0.05, 0.1) is 0 Å². The van der Waals surface area contributed by atoms with Crippen LogP contribution in [0.3, 0.4) is 0 Å². The maximum Gasteiger partial charge on any atom is 0.325 e. The molecule has 2 rings (SSSR count). The highest BCUT2D eigenvalue weighted by atomic mass is 32.2. The second-order valence-electron chi connectivity index (χ2n) is 5.44. The summed E-state index contributed by atoms with van der Waals surface area (Å²) in [5.41, 5.74) is 0.488. The fraction of sp³-hybridized carbons (Fsp3) is 0.467. The Bertz CT molecular complexity index is 502. The SMILES string of the molecule is CC(SCCN1C(=O)NC(C)(C)C1=O)c1ccccc1. The van der Waals surface area contributed by atoms with Gasteiger partial charge < -0.3 is 5.32 Å². The van der Waals surface area contributed by atoms with Crippen molar-refractivity contribution in [2.24, 2.45) is 0 Å². The van der Waals surface area contributed by atoms with Crippen LogP contribution in [0.15, 0.2) is 30.3 Å². The fourth-order valence-electron chi connectivity index (χ4n) is 2.16. The fourth-order valence-corrected chi connectivity index (χ4v) is 3.15. The van der Waals surface area contributed by atoms with E-state index < -0.39 is 5.54 Å². The molecule has 4 nitrogen and oxygen atoms in total. The number of imide groups is 1. The molecule has 0 saturated carbocycles. The van der Waals surface area contributed by atoms with Crippen LogP contribution in [-0.2, 0) is 4.79 Å². The average Bonchev–Trinajstić information content (AvgIpc) is 2.61. The Labute approximate surface area is 123 Å². The summed E-state index contributed by atoms with van der Waals surface area (Å²) in [5.74, 6) is 0.598. The van der Waals surface area contributed by atoms with Crippen molar-refractivity contribution in [3.8, 4) is 0 Å². The van der Waals surface area contributed by atoms with Gasteiger partial charge in [-0.05, 0) is 26.3 Å². The Morgan fingerprint density at radius 1 is 1.25 bits per heavy atom. The van der Waals surface area contributed by atoms with Crippen molar-refractivity contribution >= 4 is 23.7 Å². The van der Waals surface area contributed by atoms with Gasteiger partial charge in [-0.1, -0.05) is 30.3 Å². The second kappa shape index (κ2) is 5.87. The molecule has 1 unspecified atom stereocenters. The summed E-state index contributed by atoms with van der Waals surface area (Å²) in [4.78, 5) is 25.1. The molecule has 1 heterocycles. The zero-order valence-corrected chi connectivity index (χ0v) is 12.9. The highest BCUT2D eigenvalue weighted by Gasteiger charge is 2.43. The van der Waals surface area contributed by atoms with Crippen LogP contribution >= 0.6 is 11.8 Å². The van der Waals surface area contributed by atoms with Gasteiger partial charge in [0.1, 0.15) is 5.54 Å². The number of nitrogens with zero attached hydrogens (tertiary/aromatic N) is 1. The molecule has 0 bridgehead atoms. The number of thioether (sulfide) groups is 1. The van der Waals surface area contributed by atoms with Crippen LogP contribution in [-0.4, -0.2) is 34.7 Å². The zero-order chi connectivity index (χ0) is 14.8. The van der Waals surface area contributed by atoms with Crippen LogP contribution in [0.5, 0.6) is 0 Å². The van der Waals surface area contributed by atoms with Crippen molar-refractivity contribution < 1.29 is 9.59 Å². The van der Waals surface area contributed by atoms with Gasteiger partial charge in [-0.3, -0.25) is 9.69 Å². The van der Waals surface area contributed by atoms with E-state index in [1.54, 1.807) is 25.6 Å². The first-order valence-electron chi connectivity index (χ1n) is 6.72. The summed E-state index contributed by atoms with van der Waals surface area (Å²) < 4.78 is 0. The van der Waals surface area contributed by atoms with E-state index in [0.29, 0.717) is 11.8 Å². The summed E-state index contributed by atoms with van der Waals surface area (Å²) in [5, 5.41) is 3.04. The lowest BCUT2D eigenvalue weighted by molar-refractivity contribution is -0.130. The first-order valence-corrected chi connectivity index (χ1v) is 7.77. The average molecular weight is 292 g/mol. The molecule has 20 heavy (non-hydrogen) atoms. The van der Waals surface area contributed by atoms with Crippen LogP contribution in [0.1, 0.15) is 31.6 Å². The molecule has 3 amide bonds. The Kier molecular flexibility index (Phi) is 4.38. The molecule has 1 N–H and O–H groups in total. The monoisotopic (exact) mass is 292 g/mol. The quantitative estimate of drug-likeness (QED) is 0.849. The smallest absolute Gasteiger partial charge is 0.324 e. The highest BCUT2D eigenvalue weighted by molar-refractivity contribution is 7.99. The minimum atomic E-state index is -0.771. The largest absolute Gasteiger partial charge is 0.325 e. The molecular weight excluding hydrogens is 272 g/mol. The van der Waals surface area contributed by atoms with Crippen LogP contribution < -0.4 is 5.32 Å². The number of carbonyl (C=O) groups excluding carboxylic acids is 2. The minimum Gasteiger partial charge on any atom is -0.324 e. The number of nitrogens with one attached hydrogen (secondary N) is 1. The predicted octanol–water partition coefficient (Wildman–Crippen LogP) is 2.81. The van der Waals surface area contributed by atoms with Gasteiger partial charge in [-0.15, -0.1) is 0 Å². The molecule has 1 aliphatic rings. The number of amides is 3. The molecule has 1 saturated heterocycles. The van der Waals surface area contributed by atoms with Crippen molar-refractivity contribution in [2.75, 3.05) is 12.3 Å².